The Labute approximate surface area is 117 Å². The molecule has 1 aliphatic heterocycles. The van der Waals surface area contributed by atoms with E-state index in [1.165, 1.54) is 17.8 Å². The third-order valence-corrected chi connectivity index (χ3v) is 4.46. The van der Waals surface area contributed by atoms with E-state index < -0.39 is 11.4 Å². The van der Waals surface area contributed by atoms with Crippen molar-refractivity contribution in [3.8, 4) is 0 Å². The van der Waals surface area contributed by atoms with Crippen molar-refractivity contribution in [2.45, 2.75) is 6.42 Å². The minimum absolute atomic E-state index is 0.228. The minimum Gasteiger partial charge on any atom is -0.480 e. The molecule has 0 bridgehead atoms. The van der Waals surface area contributed by atoms with Gasteiger partial charge in [0.05, 0.1) is 0 Å². The Hall–Kier alpha value is -1.07. The van der Waals surface area contributed by atoms with E-state index in [0.717, 1.165) is 10.0 Å². The first-order valence-electron chi connectivity index (χ1n) is 5.35. The number of rotatable bonds is 3. The van der Waals surface area contributed by atoms with Gasteiger partial charge in [-0.25, -0.2) is 0 Å². The van der Waals surface area contributed by atoms with Crippen LogP contribution >= 0.6 is 27.7 Å². The monoisotopic (exact) mass is 326 g/mol. The van der Waals surface area contributed by atoms with Gasteiger partial charge in [0, 0.05) is 10.2 Å². The minimum atomic E-state index is -1.33. The predicted molar refractivity (Wildman–Crippen MR) is 74.5 cm³/mol. The molecule has 1 heterocycles. The Kier molecular flexibility index (Phi) is 3.92. The van der Waals surface area contributed by atoms with Crippen LogP contribution < -0.4 is 0 Å². The number of thioether (sulfide) groups is 1. The molecule has 3 nitrogen and oxygen atoms in total. The van der Waals surface area contributed by atoms with Gasteiger partial charge in [-0.05, 0) is 35.6 Å². The van der Waals surface area contributed by atoms with Crippen LogP contribution in [0.1, 0.15) is 5.56 Å². The van der Waals surface area contributed by atoms with Crippen molar-refractivity contribution in [2.24, 2.45) is 5.41 Å². The second-order valence-electron chi connectivity index (χ2n) is 4.17. The molecule has 1 aromatic carbocycles. The van der Waals surface area contributed by atoms with Crippen LogP contribution in [0, 0.1) is 5.41 Å². The van der Waals surface area contributed by atoms with Crippen molar-refractivity contribution in [3.63, 3.8) is 0 Å². The van der Waals surface area contributed by atoms with Crippen LogP contribution in [0.4, 0.5) is 0 Å². The summed E-state index contributed by atoms with van der Waals surface area (Å²) in [5, 5.41) is 11.1. The quantitative estimate of drug-likeness (QED) is 0.868. The zero-order valence-corrected chi connectivity index (χ0v) is 11.8. The molecule has 0 saturated heterocycles. The maximum Gasteiger partial charge on any atom is 0.318 e. The molecule has 94 valence electrons. The molecule has 0 fully saturated rings. The lowest BCUT2D eigenvalue weighted by atomic mass is 9.79. The Morgan fingerprint density at radius 1 is 1.39 bits per heavy atom. The second-order valence-corrected chi connectivity index (χ2v) is 5.98. The molecular formula is C13H11BrO3S. The number of ketones is 1. The number of aliphatic carboxylic acids is 1. The van der Waals surface area contributed by atoms with E-state index in [-0.39, 0.29) is 18.0 Å². The van der Waals surface area contributed by atoms with Crippen molar-refractivity contribution in [3.05, 3.63) is 45.8 Å². The van der Waals surface area contributed by atoms with E-state index in [4.69, 9.17) is 0 Å². The average Bonchev–Trinajstić information content (AvgIpc) is 2.35. The van der Waals surface area contributed by atoms with Crippen LogP contribution in [-0.4, -0.2) is 22.6 Å². The Balaban J connectivity index is 2.32. The Morgan fingerprint density at radius 2 is 2.06 bits per heavy atom. The van der Waals surface area contributed by atoms with E-state index in [0.29, 0.717) is 0 Å². The van der Waals surface area contributed by atoms with Gasteiger partial charge in [-0.15, -0.1) is 11.8 Å². The number of halogens is 1. The standard InChI is InChI=1S/C13H11BrO3S/c14-10-3-1-9(2-4-10)7-13(12(16)17)8-18-6-5-11(13)15/h1-6H,7-8H2,(H,16,17). The molecule has 1 aromatic rings. The number of hydrogen-bond donors (Lipinski definition) is 1. The van der Waals surface area contributed by atoms with E-state index in [1.807, 2.05) is 24.3 Å². The number of benzene rings is 1. The lowest BCUT2D eigenvalue weighted by molar-refractivity contribution is -0.151. The lowest BCUT2D eigenvalue weighted by Crippen LogP contribution is -2.44. The van der Waals surface area contributed by atoms with E-state index in [2.05, 4.69) is 15.9 Å². The molecule has 1 atom stereocenters. The molecule has 0 aliphatic carbocycles. The highest BCUT2D eigenvalue weighted by Crippen LogP contribution is 2.34. The first-order valence-corrected chi connectivity index (χ1v) is 7.19. The maximum atomic E-state index is 11.9. The van der Waals surface area contributed by atoms with Gasteiger partial charge in [-0.3, -0.25) is 9.59 Å². The zero-order chi connectivity index (χ0) is 13.2. The van der Waals surface area contributed by atoms with Crippen molar-refractivity contribution >= 4 is 39.4 Å². The van der Waals surface area contributed by atoms with Gasteiger partial charge in [0.2, 0.25) is 0 Å². The van der Waals surface area contributed by atoms with Gasteiger partial charge in [0.1, 0.15) is 5.41 Å². The summed E-state index contributed by atoms with van der Waals surface area (Å²) in [6.45, 7) is 0. The highest BCUT2D eigenvalue weighted by Gasteiger charge is 2.45. The third kappa shape index (κ3) is 2.52. The normalized spacial score (nSPS) is 23.1. The summed E-state index contributed by atoms with van der Waals surface area (Å²) in [5.74, 6) is -1.09. The van der Waals surface area contributed by atoms with Crippen molar-refractivity contribution in [2.75, 3.05) is 5.75 Å². The molecule has 18 heavy (non-hydrogen) atoms. The highest BCUT2D eigenvalue weighted by molar-refractivity contribution is 9.10. The van der Waals surface area contributed by atoms with E-state index >= 15 is 0 Å². The smallest absolute Gasteiger partial charge is 0.318 e. The number of hydrogen-bond acceptors (Lipinski definition) is 3. The summed E-state index contributed by atoms with van der Waals surface area (Å²) in [6, 6.07) is 7.37. The summed E-state index contributed by atoms with van der Waals surface area (Å²) >= 11 is 4.69. The van der Waals surface area contributed by atoms with Crippen LogP contribution in [0.15, 0.2) is 40.2 Å². The molecule has 2 rings (SSSR count). The molecule has 0 radical (unpaired) electrons. The fraction of sp³-hybridized carbons (Fsp3) is 0.231. The van der Waals surface area contributed by atoms with Gasteiger partial charge in [-0.1, -0.05) is 28.1 Å². The molecule has 0 aromatic heterocycles. The summed E-state index contributed by atoms with van der Waals surface area (Å²) in [6.07, 6.45) is 1.59. The number of carbonyl (C=O) groups excluding carboxylic acids is 1. The van der Waals surface area contributed by atoms with E-state index in [1.54, 1.807) is 5.41 Å². The first kappa shape index (κ1) is 13.4. The Morgan fingerprint density at radius 3 is 2.61 bits per heavy atom. The van der Waals surface area contributed by atoms with E-state index in [9.17, 15) is 14.7 Å². The molecule has 1 aliphatic rings. The summed E-state index contributed by atoms with van der Waals surface area (Å²) < 4.78 is 0.930. The first-order chi connectivity index (χ1) is 8.54. The van der Waals surface area contributed by atoms with Gasteiger partial charge >= 0.3 is 5.97 Å². The molecular weight excluding hydrogens is 316 g/mol. The van der Waals surface area contributed by atoms with Gasteiger partial charge in [0.15, 0.2) is 5.78 Å². The van der Waals surface area contributed by atoms with Crippen molar-refractivity contribution in [1.29, 1.82) is 0 Å². The summed E-state index contributed by atoms with van der Waals surface area (Å²) in [5.41, 5.74) is -0.474. The molecule has 0 saturated carbocycles. The SMILES string of the molecule is O=C(O)C1(Cc2ccc(Br)cc2)CSC=CC1=O. The van der Waals surface area contributed by atoms with Crippen LogP contribution in [0.25, 0.3) is 0 Å². The maximum absolute atomic E-state index is 11.9. The number of allylic oxidation sites excluding steroid dienone is 1. The number of carbonyl (C=O) groups is 2. The third-order valence-electron chi connectivity index (χ3n) is 2.95. The molecule has 1 N–H and O–H groups in total. The number of carboxylic acid groups (broad SMARTS) is 1. The van der Waals surface area contributed by atoms with Gasteiger partial charge < -0.3 is 5.11 Å². The zero-order valence-electron chi connectivity index (χ0n) is 9.43. The molecule has 0 amide bonds. The predicted octanol–water partition coefficient (Wildman–Crippen LogP) is 2.89. The summed E-state index contributed by atoms with van der Waals surface area (Å²) in [7, 11) is 0. The van der Waals surface area contributed by atoms with Crippen LogP contribution in [0.5, 0.6) is 0 Å². The van der Waals surface area contributed by atoms with Crippen LogP contribution in [-0.2, 0) is 16.0 Å². The van der Waals surface area contributed by atoms with Crippen molar-refractivity contribution in [1.82, 2.24) is 0 Å². The average molecular weight is 327 g/mol. The highest BCUT2D eigenvalue weighted by atomic mass is 79.9. The molecule has 1 unspecified atom stereocenters. The molecule has 5 heteroatoms. The topological polar surface area (TPSA) is 54.4 Å². The number of carboxylic acids is 1. The van der Waals surface area contributed by atoms with Crippen molar-refractivity contribution < 1.29 is 14.7 Å². The largest absolute Gasteiger partial charge is 0.480 e. The summed E-state index contributed by atoms with van der Waals surface area (Å²) in [4.78, 5) is 23.4. The second kappa shape index (κ2) is 5.28. The fourth-order valence-corrected chi connectivity index (χ4v) is 3.10. The van der Waals surface area contributed by atoms with Gasteiger partial charge in [-0.2, -0.15) is 0 Å². The lowest BCUT2D eigenvalue weighted by Gasteiger charge is -2.28. The molecule has 0 spiro atoms. The van der Waals surface area contributed by atoms with Crippen LogP contribution in [0.3, 0.4) is 0 Å². The van der Waals surface area contributed by atoms with Gasteiger partial charge in [0.25, 0.3) is 0 Å². The Bertz CT molecular complexity index is 509. The van der Waals surface area contributed by atoms with Crippen LogP contribution in [0.2, 0.25) is 0 Å². The fourth-order valence-electron chi connectivity index (χ4n) is 1.86.